The molecule has 0 aromatic rings. The fourth-order valence-electron chi connectivity index (χ4n) is 16.0. The molecule has 4 heterocycles. The minimum Gasteiger partial charge on any atom is -0.465 e. The number of unbranched alkanes of at least 4 members (excludes halogenated alkanes) is 16. The summed E-state index contributed by atoms with van der Waals surface area (Å²) >= 11 is 0. The molecule has 4 fully saturated rings. The van der Waals surface area contributed by atoms with Crippen LogP contribution in [0.25, 0.3) is 0 Å². The molecule has 0 spiro atoms. The second-order valence-corrected chi connectivity index (χ2v) is 37.0. The molecular weight excluding hydrogens is 1870 g/mol. The van der Waals surface area contributed by atoms with Crippen LogP contribution in [0.1, 0.15) is 251 Å². The van der Waals surface area contributed by atoms with Gasteiger partial charge in [0.05, 0.1) is 85.0 Å². The molecule has 4 saturated heterocycles. The first-order valence-electron chi connectivity index (χ1n) is 45.8. The molecule has 784 valence electrons. The number of phosphoric ester groups is 2. The number of methoxy groups -OCH3 is 2. The third-order valence-corrected chi connectivity index (χ3v) is 24.8. The molecule has 0 aromatic heterocycles. The summed E-state index contributed by atoms with van der Waals surface area (Å²) in [6.45, 7) is 9.85. The van der Waals surface area contributed by atoms with E-state index in [9.17, 15) is 71.5 Å². The molecule has 2 amide bonds. The van der Waals surface area contributed by atoms with Gasteiger partial charge in [0, 0.05) is 118 Å². The molecular formula is C88H142N2O45P2. The van der Waals surface area contributed by atoms with Crippen LogP contribution in [0.15, 0.2) is 0 Å². The largest absolute Gasteiger partial charge is 0.476 e. The van der Waals surface area contributed by atoms with Gasteiger partial charge in [-0.15, -0.1) is 0 Å². The predicted octanol–water partition coefficient (Wildman–Crippen LogP) is 7.90. The van der Waals surface area contributed by atoms with E-state index in [1.54, 1.807) is 0 Å². The van der Waals surface area contributed by atoms with Gasteiger partial charge in [0.2, 0.25) is 11.8 Å². The van der Waals surface area contributed by atoms with Crippen molar-refractivity contribution in [2.45, 2.75) is 373 Å². The molecule has 4 aliphatic rings. The van der Waals surface area contributed by atoms with Crippen molar-refractivity contribution in [2.75, 3.05) is 82.3 Å². The Kier molecular flexibility index (Phi) is 54.0. The van der Waals surface area contributed by atoms with Crippen LogP contribution in [0.3, 0.4) is 0 Å². The van der Waals surface area contributed by atoms with Crippen LogP contribution in [0.4, 0.5) is 0 Å². The second-order valence-electron chi connectivity index (χ2n) is 33.3. The molecule has 0 saturated carbocycles. The van der Waals surface area contributed by atoms with Crippen molar-refractivity contribution >= 4 is 111 Å². The highest BCUT2D eigenvalue weighted by molar-refractivity contribution is 7.48. The molecule has 49 heteroatoms. The van der Waals surface area contributed by atoms with E-state index in [2.05, 4.69) is 24.5 Å². The van der Waals surface area contributed by atoms with Crippen molar-refractivity contribution in [2.24, 2.45) is 11.8 Å². The van der Waals surface area contributed by atoms with Crippen molar-refractivity contribution in [3.63, 3.8) is 0 Å². The van der Waals surface area contributed by atoms with Crippen molar-refractivity contribution < 1.29 is 212 Å². The topological polar surface area (TPSA) is 581 Å². The van der Waals surface area contributed by atoms with Crippen LogP contribution >= 0.6 is 15.6 Å². The maximum atomic E-state index is 15.7. The van der Waals surface area contributed by atoms with Crippen LogP contribution < -0.4 is 10.6 Å². The summed E-state index contributed by atoms with van der Waals surface area (Å²) in [6.07, 6.45) is -19.2. The zero-order valence-corrected chi connectivity index (χ0v) is 83.8. The van der Waals surface area contributed by atoms with E-state index in [4.69, 9.17) is 127 Å². The summed E-state index contributed by atoms with van der Waals surface area (Å²) in [6, 6.07) is -4.03. The first-order chi connectivity index (χ1) is 64.7. The van der Waals surface area contributed by atoms with E-state index >= 15 is 14.4 Å². The molecule has 4 rings (SSSR count). The molecule has 4 aliphatic heterocycles. The van der Waals surface area contributed by atoms with Crippen LogP contribution in [0.5, 0.6) is 0 Å². The molecule has 0 radical (unpaired) electrons. The normalized spacial score (nSPS) is 25.3. The summed E-state index contributed by atoms with van der Waals surface area (Å²) in [5.41, 5.74) is 0. The fourth-order valence-corrected chi connectivity index (χ4v) is 17.7. The Morgan fingerprint density at radius 3 is 1.07 bits per heavy atom. The molecule has 0 bridgehead atoms. The maximum absolute atomic E-state index is 15.7. The van der Waals surface area contributed by atoms with Crippen molar-refractivity contribution in [3.05, 3.63) is 0 Å². The number of carbonyl (C=O) groups excluding carboxylic acids is 16. The third kappa shape index (κ3) is 41.7. The van der Waals surface area contributed by atoms with E-state index in [1.807, 2.05) is 0 Å². The van der Waals surface area contributed by atoms with Gasteiger partial charge in [-0.2, -0.15) is 0 Å². The SMILES string of the molecule is CCCCCCCCCCCC(CC(=O)NC1C(OP(=O)(OC)OC)OC(COC2OC(COC3(C(=O)OC)CC(OC4(C(=O)OC)CC(OC(C)=O)C(OC(C)=O)C(C(COC(C)=O)COC(C)=O)O4)C(OC(C)=O)C(C(COC(C)=O)COC(C)=O)O3)C(OP(=O)(OC)OC)C(OC(C)=O)C2NC(=O)CC(CCCCCCCCCCC)OC(C)=O)C(OC(C)=O)C1OC(C)=O)OC(C)=O. The predicted molar refractivity (Wildman–Crippen MR) is 467 cm³/mol. The Labute approximate surface area is 797 Å². The first kappa shape index (κ1) is 121. The Morgan fingerprint density at radius 1 is 0.358 bits per heavy atom. The lowest BCUT2D eigenvalue weighted by atomic mass is 9.86. The number of phosphoric acid groups is 2. The van der Waals surface area contributed by atoms with Gasteiger partial charge in [-0.25, -0.2) is 18.7 Å². The number of esters is 14. The summed E-state index contributed by atoms with van der Waals surface area (Å²) in [4.78, 5) is 219. The van der Waals surface area contributed by atoms with Gasteiger partial charge >= 0.3 is 99.2 Å². The van der Waals surface area contributed by atoms with Gasteiger partial charge in [-0.05, 0) is 25.7 Å². The smallest absolute Gasteiger partial charge is 0.465 e. The van der Waals surface area contributed by atoms with Gasteiger partial charge in [0.15, 0.2) is 43.1 Å². The highest BCUT2D eigenvalue weighted by Crippen LogP contribution is 2.53. The van der Waals surface area contributed by atoms with E-state index < -0.39 is 310 Å². The van der Waals surface area contributed by atoms with Gasteiger partial charge in [-0.3, -0.25) is 94.3 Å². The number of carbonyl (C=O) groups is 16. The standard InChI is InChI=1S/C88H142N2O45P2/c1-21-23-25-27-29-31-33-35-37-39-65(121-55(7)95)41-71(103)89-73-82(128-62(14)102)80(134-136(107,111-17)112-18)70(129-83(73)119-49-69-79(126-60(12)100)81(127-61(13)101)74(84(130-69)135-137(108,113-19)114-20)90-72(104)42-66(122-56(8)96)40-38-36-34-32-30-28-26-24-22-2)50-120-87(85(105)109-15)44-68(78(125-59(11)99)76(132-87)64(47-117-53(5)93)48-118-54(6)94)131-88(86(106)110-16)43-67(123-57(9)97)77(124-58(10)98)75(133-88)63(45-115-51(3)91)46-116-52(4)92/h63-70,73-84H,21-50H2,1-20H3,(H,89,103)(H,90,104). The zero-order valence-electron chi connectivity index (χ0n) is 82.0. The molecule has 0 aliphatic carbocycles. The van der Waals surface area contributed by atoms with E-state index in [0.29, 0.717) is 25.7 Å². The number of hydrogen-bond acceptors (Lipinski definition) is 45. The lowest BCUT2D eigenvalue weighted by Gasteiger charge is -2.52. The highest BCUT2D eigenvalue weighted by atomic mass is 31.2. The quantitative estimate of drug-likeness (QED) is 0.0253. The number of nitrogens with one attached hydrogen (secondary N) is 2. The molecule has 0 aromatic carbocycles. The second kappa shape index (κ2) is 61.2. The first-order valence-corrected chi connectivity index (χ1v) is 48.7. The molecule has 2 N–H and O–H groups in total. The summed E-state index contributed by atoms with van der Waals surface area (Å²) in [7, 11) is -4.93. The summed E-state index contributed by atoms with van der Waals surface area (Å²) < 4.78 is 189. The summed E-state index contributed by atoms with van der Waals surface area (Å²) in [5.74, 6) is -27.3. The van der Waals surface area contributed by atoms with Crippen molar-refractivity contribution in [1.82, 2.24) is 10.6 Å². The maximum Gasteiger partial charge on any atom is 0.476 e. The van der Waals surface area contributed by atoms with Gasteiger partial charge in [0.1, 0.15) is 67.0 Å². The lowest BCUT2D eigenvalue weighted by Crippen LogP contribution is -2.69. The summed E-state index contributed by atoms with van der Waals surface area (Å²) in [5, 5.41) is 5.32. The monoisotopic (exact) mass is 2010 g/mol. The van der Waals surface area contributed by atoms with Crippen molar-refractivity contribution in [3.8, 4) is 0 Å². The Bertz CT molecular complexity index is 3950. The third-order valence-electron chi connectivity index (χ3n) is 22.0. The molecule has 137 heavy (non-hydrogen) atoms. The van der Waals surface area contributed by atoms with Gasteiger partial charge in [0.25, 0.3) is 11.6 Å². The van der Waals surface area contributed by atoms with Crippen molar-refractivity contribution in [1.29, 1.82) is 0 Å². The minimum absolute atomic E-state index is 0.105. The van der Waals surface area contributed by atoms with Gasteiger partial charge in [-0.1, -0.05) is 117 Å². The molecule has 20 atom stereocenters. The number of hydrogen-bond donors (Lipinski definition) is 2. The highest BCUT2D eigenvalue weighted by Gasteiger charge is 2.66. The minimum atomic E-state index is -5.15. The fraction of sp³-hybridized carbons (Fsp3) is 0.818. The van der Waals surface area contributed by atoms with Crippen LogP contribution in [-0.4, -0.2) is 299 Å². The average molecular weight is 2010 g/mol. The van der Waals surface area contributed by atoms with Crippen LogP contribution in [0, 0.1) is 11.8 Å². The van der Waals surface area contributed by atoms with E-state index in [1.165, 1.54) is 0 Å². The Balaban J connectivity index is 2.21. The Hall–Kier alpha value is -8.54. The van der Waals surface area contributed by atoms with Crippen LogP contribution in [-0.2, 0) is 212 Å². The number of rotatable bonds is 62. The van der Waals surface area contributed by atoms with E-state index in [-0.39, 0.29) is 12.8 Å². The van der Waals surface area contributed by atoms with Gasteiger partial charge < -0.3 is 110 Å². The van der Waals surface area contributed by atoms with E-state index in [0.717, 1.165) is 216 Å². The zero-order chi connectivity index (χ0) is 103. The molecule has 20 unspecified atom stereocenters. The number of amides is 2. The average Bonchev–Trinajstić information content (AvgIpc) is 0.735. The molecule has 47 nitrogen and oxygen atoms in total. The lowest BCUT2D eigenvalue weighted by molar-refractivity contribution is -0.377. The van der Waals surface area contributed by atoms with Crippen LogP contribution in [0.2, 0.25) is 0 Å². The Morgan fingerprint density at radius 2 is 0.686 bits per heavy atom. The number of ether oxygens (including phenoxy) is 21.